The minimum Gasteiger partial charge on any atom is -0.348 e. The van der Waals surface area contributed by atoms with Gasteiger partial charge in [0.05, 0.1) is 12.1 Å². The molecule has 0 saturated heterocycles. The van der Waals surface area contributed by atoms with Gasteiger partial charge in [-0.05, 0) is 43.1 Å². The summed E-state index contributed by atoms with van der Waals surface area (Å²) >= 11 is 2.72. The molecule has 0 bridgehead atoms. The number of carbonyl (C=O) groups excluding carboxylic acids is 1. The summed E-state index contributed by atoms with van der Waals surface area (Å²) in [6.07, 6.45) is 1.46. The lowest BCUT2D eigenvalue weighted by Gasteiger charge is -2.35. The van der Waals surface area contributed by atoms with E-state index in [9.17, 15) is 13.6 Å². The molecule has 1 amide bonds. The first-order valence-corrected chi connectivity index (χ1v) is 12.5. The van der Waals surface area contributed by atoms with E-state index in [2.05, 4.69) is 4.98 Å². The Labute approximate surface area is 205 Å². The summed E-state index contributed by atoms with van der Waals surface area (Å²) in [5.74, 6) is -1.15. The Bertz CT molecular complexity index is 1200. The lowest BCUT2D eigenvalue weighted by Crippen LogP contribution is -2.38. The van der Waals surface area contributed by atoms with Crippen LogP contribution in [0.25, 0.3) is 0 Å². The van der Waals surface area contributed by atoms with Crippen molar-refractivity contribution in [3.8, 4) is 0 Å². The van der Waals surface area contributed by atoms with Crippen molar-refractivity contribution >= 4 is 39.2 Å². The molecular formula is C24H25F2N5OS2. The van der Waals surface area contributed by atoms with E-state index in [0.717, 1.165) is 23.8 Å². The highest BCUT2D eigenvalue weighted by Crippen LogP contribution is 2.52. The van der Waals surface area contributed by atoms with Crippen molar-refractivity contribution in [1.82, 2.24) is 9.88 Å². The van der Waals surface area contributed by atoms with E-state index in [0.29, 0.717) is 35.3 Å². The summed E-state index contributed by atoms with van der Waals surface area (Å²) in [6.45, 7) is 0.465. The van der Waals surface area contributed by atoms with Crippen LogP contribution in [0, 0.1) is 11.6 Å². The van der Waals surface area contributed by atoms with Crippen molar-refractivity contribution in [2.45, 2.75) is 24.1 Å². The summed E-state index contributed by atoms with van der Waals surface area (Å²) < 4.78 is 28.7. The van der Waals surface area contributed by atoms with E-state index in [-0.39, 0.29) is 17.9 Å². The van der Waals surface area contributed by atoms with E-state index in [1.807, 2.05) is 35.7 Å². The zero-order valence-electron chi connectivity index (χ0n) is 18.9. The van der Waals surface area contributed by atoms with Gasteiger partial charge in [0.1, 0.15) is 21.5 Å². The molecule has 1 aliphatic heterocycles. The van der Waals surface area contributed by atoms with Gasteiger partial charge in [0, 0.05) is 25.0 Å². The molecule has 0 aliphatic carbocycles. The minimum absolute atomic E-state index is 0.0591. The second-order valence-corrected chi connectivity index (χ2v) is 10.2. The van der Waals surface area contributed by atoms with E-state index < -0.39 is 16.5 Å². The van der Waals surface area contributed by atoms with Crippen molar-refractivity contribution in [3.63, 3.8) is 0 Å². The SMILES string of the molecule is CN(C)C(=O)Cc1csc(N2N=C(c3cc(F)ccc3F)SC2(CCCN)c2ccccc2)n1. The maximum atomic E-state index is 14.7. The van der Waals surface area contributed by atoms with E-state index in [1.54, 1.807) is 19.1 Å². The molecule has 0 saturated carbocycles. The molecule has 1 unspecified atom stereocenters. The Hall–Kier alpha value is -2.82. The average molecular weight is 502 g/mol. The number of rotatable bonds is 8. The number of thioether (sulfide) groups is 1. The number of anilines is 1. The van der Waals surface area contributed by atoms with E-state index in [1.165, 1.54) is 28.0 Å². The fourth-order valence-electron chi connectivity index (χ4n) is 3.67. The molecule has 1 aliphatic rings. The molecule has 2 heterocycles. The molecule has 0 fully saturated rings. The molecule has 34 heavy (non-hydrogen) atoms. The zero-order valence-corrected chi connectivity index (χ0v) is 20.5. The van der Waals surface area contributed by atoms with E-state index >= 15 is 0 Å². The summed E-state index contributed by atoms with van der Waals surface area (Å²) in [6, 6.07) is 13.1. The van der Waals surface area contributed by atoms with Crippen molar-refractivity contribution in [3.05, 3.63) is 82.4 Å². The largest absolute Gasteiger partial charge is 0.348 e. The Morgan fingerprint density at radius 2 is 1.94 bits per heavy atom. The number of amides is 1. The van der Waals surface area contributed by atoms with Gasteiger partial charge in [-0.2, -0.15) is 5.10 Å². The molecular weight excluding hydrogens is 476 g/mol. The van der Waals surface area contributed by atoms with Crippen molar-refractivity contribution in [2.24, 2.45) is 10.8 Å². The molecule has 1 atom stereocenters. The highest BCUT2D eigenvalue weighted by molar-refractivity contribution is 8.15. The molecule has 2 N–H and O–H groups in total. The third-order valence-electron chi connectivity index (χ3n) is 5.45. The van der Waals surface area contributed by atoms with Gasteiger partial charge in [0.2, 0.25) is 11.0 Å². The van der Waals surface area contributed by atoms with Gasteiger partial charge in [0.15, 0.2) is 0 Å². The first-order chi connectivity index (χ1) is 16.3. The summed E-state index contributed by atoms with van der Waals surface area (Å²) in [4.78, 5) is 17.6. The van der Waals surface area contributed by atoms with Crippen molar-refractivity contribution < 1.29 is 13.6 Å². The van der Waals surface area contributed by atoms with Gasteiger partial charge >= 0.3 is 0 Å². The molecule has 0 spiro atoms. The number of thiazole rings is 1. The third-order valence-corrected chi connectivity index (χ3v) is 7.76. The number of aromatic nitrogens is 1. The number of nitrogens with two attached hydrogens (primary N) is 1. The molecule has 3 aromatic rings. The Morgan fingerprint density at radius 1 is 1.18 bits per heavy atom. The molecule has 4 rings (SSSR count). The number of hydrogen-bond acceptors (Lipinski definition) is 7. The second kappa shape index (κ2) is 10.2. The number of hydrogen-bond donors (Lipinski definition) is 1. The highest BCUT2D eigenvalue weighted by atomic mass is 32.2. The second-order valence-electron chi connectivity index (χ2n) is 8.07. The van der Waals surface area contributed by atoms with Gasteiger partial charge in [0.25, 0.3) is 0 Å². The lowest BCUT2D eigenvalue weighted by molar-refractivity contribution is -0.128. The monoisotopic (exact) mass is 501 g/mol. The van der Waals surface area contributed by atoms with Crippen LogP contribution in [0.4, 0.5) is 13.9 Å². The Balaban J connectivity index is 1.82. The van der Waals surface area contributed by atoms with Crippen LogP contribution in [0.5, 0.6) is 0 Å². The molecule has 0 radical (unpaired) electrons. The van der Waals surface area contributed by atoms with E-state index in [4.69, 9.17) is 10.8 Å². The van der Waals surface area contributed by atoms with Crippen LogP contribution in [0.3, 0.4) is 0 Å². The van der Waals surface area contributed by atoms with Crippen LogP contribution < -0.4 is 10.7 Å². The Kier molecular flexibility index (Phi) is 7.30. The average Bonchev–Trinajstić information content (AvgIpc) is 3.45. The number of benzene rings is 2. The molecule has 10 heteroatoms. The predicted molar refractivity (Wildman–Crippen MR) is 134 cm³/mol. The molecule has 1 aromatic heterocycles. The highest BCUT2D eigenvalue weighted by Gasteiger charge is 2.47. The standard InChI is InChI=1S/C24H25F2N5OS2/c1-30(2)21(32)14-18-15-33-23(28-18)31-24(11-6-12-27,16-7-4-3-5-8-16)34-22(29-31)19-13-17(25)9-10-20(19)26/h3-5,7-10,13,15H,6,11-12,14,27H2,1-2H3. The zero-order chi connectivity index (χ0) is 24.3. The molecule has 6 nitrogen and oxygen atoms in total. The van der Waals surface area contributed by atoms with Crippen LogP contribution in [0.2, 0.25) is 0 Å². The van der Waals surface area contributed by atoms with Crippen LogP contribution in [-0.2, 0) is 16.1 Å². The first-order valence-electron chi connectivity index (χ1n) is 10.8. The predicted octanol–water partition coefficient (Wildman–Crippen LogP) is 4.56. The maximum absolute atomic E-state index is 14.7. The fourth-order valence-corrected chi connectivity index (χ4v) is 6.00. The topological polar surface area (TPSA) is 74.8 Å². The molecule has 2 aromatic carbocycles. The van der Waals surface area contributed by atoms with Gasteiger partial charge in [-0.15, -0.1) is 11.3 Å². The summed E-state index contributed by atoms with van der Waals surface area (Å²) in [7, 11) is 3.40. The summed E-state index contributed by atoms with van der Waals surface area (Å²) in [5.41, 5.74) is 7.55. The lowest BCUT2D eigenvalue weighted by atomic mass is 10.0. The van der Waals surface area contributed by atoms with Crippen molar-refractivity contribution in [2.75, 3.05) is 25.6 Å². The smallest absolute Gasteiger partial charge is 0.228 e. The maximum Gasteiger partial charge on any atom is 0.228 e. The van der Waals surface area contributed by atoms with Crippen LogP contribution in [0.1, 0.15) is 29.7 Å². The van der Waals surface area contributed by atoms with Gasteiger partial charge in [-0.1, -0.05) is 42.1 Å². The number of halogens is 2. The molecule has 178 valence electrons. The van der Waals surface area contributed by atoms with Crippen molar-refractivity contribution in [1.29, 1.82) is 0 Å². The first kappa shape index (κ1) is 24.3. The number of hydrazone groups is 1. The number of carbonyl (C=O) groups is 1. The third kappa shape index (κ3) is 4.84. The minimum atomic E-state index is -0.755. The van der Waals surface area contributed by atoms with Crippen LogP contribution in [-0.4, -0.2) is 41.5 Å². The van der Waals surface area contributed by atoms with Gasteiger partial charge < -0.3 is 10.6 Å². The van der Waals surface area contributed by atoms with Gasteiger partial charge in [-0.25, -0.2) is 18.8 Å². The van der Waals surface area contributed by atoms with Gasteiger partial charge in [-0.3, -0.25) is 4.79 Å². The number of nitrogens with zero attached hydrogens (tertiary/aromatic N) is 4. The van der Waals surface area contributed by atoms with Crippen LogP contribution >= 0.6 is 23.1 Å². The normalized spacial score (nSPS) is 17.7. The summed E-state index contributed by atoms with van der Waals surface area (Å²) in [5, 5.41) is 9.29. The number of likely N-dealkylation sites (N-methyl/N-ethyl adjacent to an activating group) is 1. The fraction of sp³-hybridized carbons (Fsp3) is 0.292. The van der Waals surface area contributed by atoms with Crippen LogP contribution in [0.15, 0.2) is 59.0 Å². The Morgan fingerprint density at radius 3 is 2.65 bits per heavy atom. The quantitative estimate of drug-likeness (QED) is 0.490.